The van der Waals surface area contributed by atoms with Gasteiger partial charge in [-0.05, 0) is 43.4 Å². The van der Waals surface area contributed by atoms with E-state index in [0.717, 1.165) is 51.1 Å². The number of nitrogens with zero attached hydrogens (tertiary/aromatic N) is 3. The molecule has 3 heterocycles. The van der Waals surface area contributed by atoms with E-state index in [0.29, 0.717) is 5.91 Å². The van der Waals surface area contributed by atoms with Crippen molar-refractivity contribution in [2.24, 2.45) is 5.92 Å². The minimum Gasteiger partial charge on any atom is -0.356 e. The highest BCUT2D eigenvalue weighted by Crippen LogP contribution is 2.34. The minimum atomic E-state index is 0.0834. The quantitative estimate of drug-likeness (QED) is 0.859. The number of carbonyl (C=O) groups excluding carboxylic acids is 1. The molecule has 25 heavy (non-hydrogen) atoms. The molecule has 0 N–H and O–H groups in total. The Bertz CT molecular complexity index is 704. The maximum atomic E-state index is 13.2. The number of piperidine rings is 1. The van der Waals surface area contributed by atoms with E-state index in [1.165, 1.54) is 5.56 Å². The van der Waals surface area contributed by atoms with E-state index in [1.54, 1.807) is 0 Å². The minimum absolute atomic E-state index is 0.0834. The Kier molecular flexibility index (Phi) is 4.68. The first-order valence-electron chi connectivity index (χ1n) is 9.34. The van der Waals surface area contributed by atoms with Crippen LogP contribution in [0.5, 0.6) is 0 Å². The Hall–Kier alpha value is -2.36. The summed E-state index contributed by atoms with van der Waals surface area (Å²) in [6.07, 6.45) is 6.04. The number of hydrogen-bond acceptors (Lipinski definition) is 3. The van der Waals surface area contributed by atoms with E-state index in [2.05, 4.69) is 39.0 Å². The van der Waals surface area contributed by atoms with Gasteiger partial charge < -0.3 is 9.80 Å². The van der Waals surface area contributed by atoms with Crippen LogP contribution in [-0.2, 0) is 4.79 Å². The number of amides is 1. The van der Waals surface area contributed by atoms with Crippen molar-refractivity contribution >= 4 is 11.7 Å². The molecule has 4 rings (SSSR count). The standard InChI is InChI=1S/C21H25N3O/c25-21(24-15-7-11-19(24)17-8-2-1-3-9-17)18-10-6-14-23(16-18)20-12-4-5-13-22-20/h1-5,8-9,12-13,18-19H,6-7,10-11,14-16H2/t18-,19+/m1/s1. The molecule has 0 bridgehead atoms. The molecule has 2 saturated heterocycles. The number of anilines is 1. The van der Waals surface area contributed by atoms with Gasteiger partial charge in [0.05, 0.1) is 12.0 Å². The topological polar surface area (TPSA) is 36.4 Å². The number of rotatable bonds is 3. The summed E-state index contributed by atoms with van der Waals surface area (Å²) in [6, 6.07) is 16.7. The normalized spacial score (nSPS) is 23.7. The Morgan fingerprint density at radius 2 is 1.76 bits per heavy atom. The van der Waals surface area contributed by atoms with Crippen molar-refractivity contribution in [3.8, 4) is 0 Å². The van der Waals surface area contributed by atoms with E-state index in [1.807, 2.05) is 30.5 Å². The van der Waals surface area contributed by atoms with Crippen molar-refractivity contribution in [1.82, 2.24) is 9.88 Å². The lowest BCUT2D eigenvalue weighted by molar-refractivity contribution is -0.136. The van der Waals surface area contributed by atoms with E-state index in [-0.39, 0.29) is 12.0 Å². The second-order valence-corrected chi connectivity index (χ2v) is 7.07. The molecule has 0 unspecified atom stereocenters. The largest absolute Gasteiger partial charge is 0.356 e. The summed E-state index contributed by atoms with van der Waals surface area (Å²) >= 11 is 0. The molecule has 4 heteroatoms. The van der Waals surface area contributed by atoms with E-state index >= 15 is 0 Å². The van der Waals surface area contributed by atoms with Crippen LogP contribution in [0.25, 0.3) is 0 Å². The van der Waals surface area contributed by atoms with Crippen LogP contribution >= 0.6 is 0 Å². The highest BCUT2D eigenvalue weighted by atomic mass is 16.2. The molecular formula is C21H25N3O. The van der Waals surface area contributed by atoms with Gasteiger partial charge in [0.1, 0.15) is 5.82 Å². The number of aromatic nitrogens is 1. The molecule has 0 aliphatic carbocycles. The second-order valence-electron chi connectivity index (χ2n) is 7.07. The van der Waals surface area contributed by atoms with Crippen LogP contribution in [0.1, 0.15) is 37.3 Å². The molecule has 1 aromatic heterocycles. The fourth-order valence-corrected chi connectivity index (χ4v) is 4.21. The van der Waals surface area contributed by atoms with Crippen LogP contribution in [0.3, 0.4) is 0 Å². The van der Waals surface area contributed by atoms with Crippen LogP contribution in [-0.4, -0.2) is 35.4 Å². The van der Waals surface area contributed by atoms with Crippen molar-refractivity contribution in [1.29, 1.82) is 0 Å². The SMILES string of the molecule is O=C([C@@H]1CCCN(c2ccccn2)C1)N1CCC[C@H]1c1ccccc1. The third kappa shape index (κ3) is 3.39. The maximum Gasteiger partial charge on any atom is 0.227 e. The molecule has 4 nitrogen and oxygen atoms in total. The molecule has 0 spiro atoms. The highest BCUT2D eigenvalue weighted by molar-refractivity contribution is 5.80. The zero-order chi connectivity index (χ0) is 17.1. The smallest absolute Gasteiger partial charge is 0.227 e. The van der Waals surface area contributed by atoms with Crippen molar-refractivity contribution in [2.45, 2.75) is 31.7 Å². The van der Waals surface area contributed by atoms with Gasteiger partial charge in [-0.15, -0.1) is 0 Å². The third-order valence-electron chi connectivity index (χ3n) is 5.46. The van der Waals surface area contributed by atoms with Gasteiger partial charge in [0.15, 0.2) is 0 Å². The summed E-state index contributed by atoms with van der Waals surface area (Å²) in [7, 11) is 0. The number of pyridine rings is 1. The van der Waals surface area contributed by atoms with Gasteiger partial charge in [-0.2, -0.15) is 0 Å². The lowest BCUT2D eigenvalue weighted by Gasteiger charge is -2.36. The van der Waals surface area contributed by atoms with Gasteiger partial charge in [0.2, 0.25) is 5.91 Å². The predicted molar refractivity (Wildman–Crippen MR) is 99.3 cm³/mol. The first-order chi connectivity index (χ1) is 12.3. The first-order valence-corrected chi connectivity index (χ1v) is 9.34. The molecule has 1 aromatic carbocycles. The number of benzene rings is 1. The number of hydrogen-bond donors (Lipinski definition) is 0. The molecule has 130 valence electrons. The third-order valence-corrected chi connectivity index (χ3v) is 5.46. The van der Waals surface area contributed by atoms with Gasteiger partial charge in [0.25, 0.3) is 0 Å². The fourth-order valence-electron chi connectivity index (χ4n) is 4.21. The van der Waals surface area contributed by atoms with Gasteiger partial charge in [-0.25, -0.2) is 4.98 Å². The summed E-state index contributed by atoms with van der Waals surface area (Å²) in [5.74, 6) is 1.40. The van der Waals surface area contributed by atoms with Crippen molar-refractivity contribution in [3.63, 3.8) is 0 Å². The molecule has 1 amide bonds. The second kappa shape index (κ2) is 7.26. The zero-order valence-electron chi connectivity index (χ0n) is 14.6. The summed E-state index contributed by atoms with van der Waals surface area (Å²) in [5.41, 5.74) is 1.27. The number of carbonyl (C=O) groups is 1. The van der Waals surface area contributed by atoms with Crippen molar-refractivity contribution < 1.29 is 4.79 Å². The van der Waals surface area contributed by atoms with Crippen LogP contribution in [0.15, 0.2) is 54.7 Å². The van der Waals surface area contributed by atoms with Gasteiger partial charge in [0, 0.05) is 25.8 Å². The molecule has 2 aliphatic rings. The summed E-state index contributed by atoms with van der Waals surface area (Å²) in [6.45, 7) is 2.66. The molecule has 2 atom stereocenters. The van der Waals surface area contributed by atoms with Crippen LogP contribution in [0.2, 0.25) is 0 Å². The first kappa shape index (κ1) is 16.1. The molecule has 2 aromatic rings. The Morgan fingerprint density at radius 3 is 2.56 bits per heavy atom. The number of likely N-dealkylation sites (tertiary alicyclic amines) is 1. The molecule has 2 aliphatic heterocycles. The van der Waals surface area contributed by atoms with Crippen LogP contribution in [0, 0.1) is 5.92 Å². The van der Waals surface area contributed by atoms with E-state index < -0.39 is 0 Å². The molecule has 0 radical (unpaired) electrons. The molecule has 2 fully saturated rings. The molecule has 0 saturated carbocycles. The Labute approximate surface area is 149 Å². The van der Waals surface area contributed by atoms with Gasteiger partial charge in [-0.1, -0.05) is 36.4 Å². The van der Waals surface area contributed by atoms with Crippen molar-refractivity contribution in [2.75, 3.05) is 24.5 Å². The van der Waals surface area contributed by atoms with Crippen LogP contribution in [0.4, 0.5) is 5.82 Å². The summed E-state index contributed by atoms with van der Waals surface area (Å²) in [4.78, 5) is 22.1. The zero-order valence-corrected chi connectivity index (χ0v) is 14.6. The van der Waals surface area contributed by atoms with Crippen LogP contribution < -0.4 is 4.90 Å². The Morgan fingerprint density at radius 1 is 0.960 bits per heavy atom. The average molecular weight is 335 g/mol. The van der Waals surface area contributed by atoms with E-state index in [9.17, 15) is 4.79 Å². The van der Waals surface area contributed by atoms with Gasteiger partial charge >= 0.3 is 0 Å². The molecular weight excluding hydrogens is 310 g/mol. The maximum absolute atomic E-state index is 13.2. The highest BCUT2D eigenvalue weighted by Gasteiger charge is 2.35. The predicted octanol–water partition coefficient (Wildman–Crippen LogP) is 3.66. The summed E-state index contributed by atoms with van der Waals surface area (Å²) < 4.78 is 0. The lowest BCUT2D eigenvalue weighted by Crippen LogP contribution is -2.45. The monoisotopic (exact) mass is 335 g/mol. The Balaban J connectivity index is 1.48. The summed E-state index contributed by atoms with van der Waals surface area (Å²) in [5, 5.41) is 0. The van der Waals surface area contributed by atoms with Gasteiger partial charge in [-0.3, -0.25) is 4.79 Å². The van der Waals surface area contributed by atoms with E-state index in [4.69, 9.17) is 0 Å². The fraction of sp³-hybridized carbons (Fsp3) is 0.429. The lowest BCUT2D eigenvalue weighted by atomic mass is 9.95. The van der Waals surface area contributed by atoms with Crippen molar-refractivity contribution in [3.05, 3.63) is 60.3 Å². The average Bonchev–Trinajstić information content (AvgIpc) is 3.19.